The summed E-state index contributed by atoms with van der Waals surface area (Å²) in [7, 11) is 3.38. The van der Waals surface area contributed by atoms with Gasteiger partial charge in [-0.2, -0.15) is 0 Å². The monoisotopic (exact) mass is 402 g/mol. The van der Waals surface area contributed by atoms with Crippen LogP contribution in [0.15, 0.2) is 24.3 Å². The fourth-order valence-electron chi connectivity index (χ4n) is 3.89. The first-order valence-corrected chi connectivity index (χ1v) is 12.2. The highest BCUT2D eigenvalue weighted by atomic mass is 16.5. The van der Waals surface area contributed by atoms with Gasteiger partial charge in [-0.1, -0.05) is 121 Å². The van der Waals surface area contributed by atoms with Crippen molar-refractivity contribution in [3.05, 3.63) is 29.8 Å². The molecular weight excluding hydrogens is 356 g/mol. The zero-order valence-electron chi connectivity index (χ0n) is 19.5. The molecule has 0 aromatic heterocycles. The number of hydrogen-bond donors (Lipinski definition) is 0. The number of allylic oxidation sites excluding steroid dienone is 1. The van der Waals surface area contributed by atoms with Crippen LogP contribution in [0.2, 0.25) is 0 Å². The molecule has 0 unspecified atom stereocenters. The van der Waals surface area contributed by atoms with Crippen LogP contribution < -0.4 is 9.47 Å². The number of hydrogen-bond acceptors (Lipinski definition) is 2. The van der Waals surface area contributed by atoms with Crippen LogP contribution in [0.4, 0.5) is 0 Å². The summed E-state index contributed by atoms with van der Waals surface area (Å²) < 4.78 is 10.8. The number of benzene rings is 1. The van der Waals surface area contributed by atoms with E-state index in [1.165, 1.54) is 96.3 Å². The van der Waals surface area contributed by atoms with Crippen LogP contribution in [0.1, 0.15) is 115 Å². The third kappa shape index (κ3) is 12.7. The molecule has 0 aliphatic carbocycles. The summed E-state index contributed by atoms with van der Waals surface area (Å²) >= 11 is 0. The molecule has 0 amide bonds. The summed E-state index contributed by atoms with van der Waals surface area (Å²) in [5, 5.41) is 0. The second kappa shape index (κ2) is 18.6. The van der Waals surface area contributed by atoms with E-state index in [2.05, 4.69) is 25.1 Å². The Kier molecular flexibility index (Phi) is 16.4. The highest BCUT2D eigenvalue weighted by Crippen LogP contribution is 2.31. The van der Waals surface area contributed by atoms with E-state index in [1.54, 1.807) is 14.2 Å². The molecule has 0 aliphatic heterocycles. The quantitative estimate of drug-likeness (QED) is 0.215. The molecule has 29 heavy (non-hydrogen) atoms. The Morgan fingerprint density at radius 2 is 1.17 bits per heavy atom. The van der Waals surface area contributed by atoms with Gasteiger partial charge >= 0.3 is 0 Å². The van der Waals surface area contributed by atoms with Gasteiger partial charge in [-0.25, -0.2) is 0 Å². The van der Waals surface area contributed by atoms with Crippen LogP contribution in [0.5, 0.6) is 11.5 Å². The Morgan fingerprint density at radius 3 is 1.66 bits per heavy atom. The normalized spacial score (nSPS) is 11.3. The largest absolute Gasteiger partial charge is 0.493 e. The van der Waals surface area contributed by atoms with E-state index in [9.17, 15) is 0 Å². The van der Waals surface area contributed by atoms with E-state index >= 15 is 0 Å². The number of para-hydroxylation sites is 1. The molecule has 0 spiro atoms. The summed E-state index contributed by atoms with van der Waals surface area (Å²) in [6.45, 7) is 2.29. The Labute approximate surface area is 181 Å². The molecular formula is C27H46O2. The van der Waals surface area contributed by atoms with Crippen molar-refractivity contribution in [1.82, 2.24) is 0 Å². The average molecular weight is 403 g/mol. The first kappa shape index (κ1) is 25.6. The maximum absolute atomic E-state index is 5.47. The first-order chi connectivity index (χ1) is 14.3. The van der Waals surface area contributed by atoms with E-state index in [1.807, 2.05) is 12.1 Å². The van der Waals surface area contributed by atoms with E-state index in [-0.39, 0.29) is 0 Å². The van der Waals surface area contributed by atoms with Gasteiger partial charge in [0.05, 0.1) is 14.2 Å². The maximum atomic E-state index is 5.47. The maximum Gasteiger partial charge on any atom is 0.167 e. The Bertz CT molecular complexity index is 521. The summed E-state index contributed by atoms with van der Waals surface area (Å²) in [6.07, 6.45) is 26.8. The van der Waals surface area contributed by atoms with Crippen LogP contribution in [0, 0.1) is 0 Å². The number of rotatable bonds is 19. The zero-order chi connectivity index (χ0) is 21.0. The van der Waals surface area contributed by atoms with Crippen LogP contribution in [-0.4, -0.2) is 14.2 Å². The smallest absolute Gasteiger partial charge is 0.167 e. The fourth-order valence-corrected chi connectivity index (χ4v) is 3.89. The predicted molar refractivity (Wildman–Crippen MR) is 128 cm³/mol. The molecule has 0 bridgehead atoms. The molecule has 0 aliphatic rings. The summed E-state index contributed by atoms with van der Waals surface area (Å²) in [5.41, 5.74) is 1.09. The Hall–Kier alpha value is -1.44. The average Bonchev–Trinajstić information content (AvgIpc) is 2.75. The van der Waals surface area contributed by atoms with Gasteiger partial charge in [0.2, 0.25) is 0 Å². The van der Waals surface area contributed by atoms with E-state index in [0.29, 0.717) is 0 Å². The molecule has 0 N–H and O–H groups in total. The van der Waals surface area contributed by atoms with Gasteiger partial charge in [0.15, 0.2) is 11.5 Å². The molecule has 0 saturated heterocycles. The van der Waals surface area contributed by atoms with Crippen molar-refractivity contribution in [3.63, 3.8) is 0 Å². The lowest BCUT2D eigenvalue weighted by atomic mass is 10.0. The van der Waals surface area contributed by atoms with Gasteiger partial charge in [-0.15, -0.1) is 0 Å². The fraction of sp³-hybridized carbons (Fsp3) is 0.704. The van der Waals surface area contributed by atoms with Gasteiger partial charge in [-0.05, 0) is 18.9 Å². The van der Waals surface area contributed by atoms with Crippen molar-refractivity contribution in [2.24, 2.45) is 0 Å². The minimum atomic E-state index is 0.793. The third-order valence-electron chi connectivity index (χ3n) is 5.71. The lowest BCUT2D eigenvalue weighted by molar-refractivity contribution is 0.354. The minimum absolute atomic E-state index is 0.793. The molecule has 2 heteroatoms. The highest BCUT2D eigenvalue weighted by Gasteiger charge is 2.06. The topological polar surface area (TPSA) is 18.5 Å². The van der Waals surface area contributed by atoms with E-state index in [4.69, 9.17) is 9.47 Å². The zero-order valence-corrected chi connectivity index (χ0v) is 19.5. The Morgan fingerprint density at radius 1 is 0.655 bits per heavy atom. The molecule has 0 heterocycles. The van der Waals surface area contributed by atoms with Crippen molar-refractivity contribution >= 4 is 6.08 Å². The first-order valence-electron chi connectivity index (χ1n) is 12.2. The van der Waals surface area contributed by atoms with Gasteiger partial charge in [0.25, 0.3) is 0 Å². The van der Waals surface area contributed by atoms with Gasteiger partial charge in [0, 0.05) is 5.56 Å². The number of unbranched alkanes of at least 4 members (excludes halogenated alkanes) is 15. The number of methoxy groups -OCH3 is 2. The third-order valence-corrected chi connectivity index (χ3v) is 5.71. The summed E-state index contributed by atoms with van der Waals surface area (Å²) in [4.78, 5) is 0. The summed E-state index contributed by atoms with van der Waals surface area (Å²) in [5.74, 6) is 1.62. The molecule has 2 nitrogen and oxygen atoms in total. The molecule has 0 fully saturated rings. The van der Waals surface area contributed by atoms with Gasteiger partial charge in [-0.3, -0.25) is 0 Å². The summed E-state index contributed by atoms with van der Waals surface area (Å²) in [6, 6.07) is 6.02. The molecule has 0 atom stereocenters. The lowest BCUT2D eigenvalue weighted by Crippen LogP contribution is -1.92. The minimum Gasteiger partial charge on any atom is -0.493 e. The van der Waals surface area contributed by atoms with E-state index in [0.717, 1.165) is 23.5 Å². The van der Waals surface area contributed by atoms with Crippen LogP contribution >= 0.6 is 0 Å². The molecule has 1 rings (SSSR count). The molecule has 1 aromatic rings. The van der Waals surface area contributed by atoms with Gasteiger partial charge in [0.1, 0.15) is 0 Å². The molecule has 0 saturated carbocycles. The van der Waals surface area contributed by atoms with Crippen molar-refractivity contribution in [2.45, 2.75) is 110 Å². The predicted octanol–water partition coefficient (Wildman–Crippen LogP) is 8.98. The molecule has 1 aromatic carbocycles. The van der Waals surface area contributed by atoms with Crippen LogP contribution in [0.25, 0.3) is 6.08 Å². The molecule has 166 valence electrons. The van der Waals surface area contributed by atoms with Crippen LogP contribution in [0.3, 0.4) is 0 Å². The van der Waals surface area contributed by atoms with Crippen LogP contribution in [-0.2, 0) is 0 Å². The molecule has 0 radical (unpaired) electrons. The SMILES string of the molecule is CCCCCCCCCCCCCCCCCC=Cc1cccc(OC)c1OC. The lowest BCUT2D eigenvalue weighted by Gasteiger charge is -2.09. The van der Waals surface area contributed by atoms with Crippen molar-refractivity contribution in [1.29, 1.82) is 0 Å². The van der Waals surface area contributed by atoms with Gasteiger partial charge < -0.3 is 9.47 Å². The standard InChI is InChI=1S/C27H46O2/c1-4-5-6-7-8-9-10-11-12-13-14-15-16-17-18-19-20-22-25-23-21-24-26(28-2)27(25)29-3/h20-24H,4-19H2,1-3H3. The van der Waals surface area contributed by atoms with Crippen molar-refractivity contribution < 1.29 is 9.47 Å². The number of ether oxygens (including phenoxy) is 2. The van der Waals surface area contributed by atoms with Crippen molar-refractivity contribution in [3.8, 4) is 11.5 Å². The highest BCUT2D eigenvalue weighted by molar-refractivity contribution is 5.62. The van der Waals surface area contributed by atoms with Crippen molar-refractivity contribution in [2.75, 3.05) is 14.2 Å². The Balaban J connectivity index is 1.93. The second-order valence-electron chi connectivity index (χ2n) is 8.22. The van der Waals surface area contributed by atoms with E-state index < -0.39 is 0 Å². The second-order valence-corrected chi connectivity index (χ2v) is 8.22.